The third kappa shape index (κ3) is 4.81. The van der Waals surface area contributed by atoms with Gasteiger partial charge in [-0.15, -0.1) is 0 Å². The lowest BCUT2D eigenvalue weighted by Gasteiger charge is -2.41. The number of likely N-dealkylation sites (tertiary alicyclic amines) is 1. The molecule has 0 aromatic carbocycles. The summed E-state index contributed by atoms with van der Waals surface area (Å²) in [6.07, 6.45) is 4.00. The van der Waals surface area contributed by atoms with E-state index in [4.69, 9.17) is 21.3 Å². The van der Waals surface area contributed by atoms with Crippen molar-refractivity contribution < 1.29 is 13.5 Å². The summed E-state index contributed by atoms with van der Waals surface area (Å²) in [5.41, 5.74) is 2.54. The Morgan fingerprint density at radius 2 is 1.90 bits per heavy atom. The summed E-state index contributed by atoms with van der Waals surface area (Å²) in [7, 11) is 0. The second kappa shape index (κ2) is 8.56. The van der Waals surface area contributed by atoms with E-state index >= 15 is 0 Å². The highest BCUT2D eigenvalue weighted by Crippen LogP contribution is 2.33. The summed E-state index contributed by atoms with van der Waals surface area (Å²) in [6.45, 7) is 3.59. The van der Waals surface area contributed by atoms with Gasteiger partial charge in [-0.1, -0.05) is 11.6 Å². The van der Waals surface area contributed by atoms with Gasteiger partial charge in [0.15, 0.2) is 0 Å². The van der Waals surface area contributed by atoms with E-state index in [0.29, 0.717) is 29.4 Å². The Morgan fingerprint density at radius 3 is 2.55 bits per heavy atom. The highest BCUT2D eigenvalue weighted by molar-refractivity contribution is 6.30. The van der Waals surface area contributed by atoms with Crippen LogP contribution >= 0.6 is 11.6 Å². The Hall–Kier alpha value is -1.90. The fourth-order valence-corrected chi connectivity index (χ4v) is 4.76. The predicted molar refractivity (Wildman–Crippen MR) is 114 cm³/mol. The van der Waals surface area contributed by atoms with Gasteiger partial charge in [0.05, 0.1) is 31.5 Å². The minimum absolute atomic E-state index is 0.159. The van der Waals surface area contributed by atoms with Crippen LogP contribution < -0.4 is 4.90 Å². The number of nitrogens with zero attached hydrogens (tertiary/aromatic N) is 5. The number of anilines is 1. The smallest absolute Gasteiger partial charge is 0.267 e. The van der Waals surface area contributed by atoms with Crippen LogP contribution in [0.3, 0.4) is 0 Å². The number of alkyl halides is 2. The lowest BCUT2D eigenvalue weighted by molar-refractivity contribution is -0.0713. The topological polar surface area (TPSA) is 54.4 Å². The summed E-state index contributed by atoms with van der Waals surface area (Å²) < 4.78 is 33.0. The average Bonchev–Trinajstić information content (AvgIpc) is 3.07. The van der Waals surface area contributed by atoms with Crippen LogP contribution in [0, 0.1) is 0 Å². The summed E-state index contributed by atoms with van der Waals surface area (Å²) in [5, 5.41) is 0.617. The predicted octanol–water partition coefficient (Wildman–Crippen LogP) is 3.54. The molecule has 31 heavy (non-hydrogen) atoms. The number of piperidine rings is 1. The van der Waals surface area contributed by atoms with E-state index in [1.807, 2.05) is 12.1 Å². The molecule has 3 fully saturated rings. The van der Waals surface area contributed by atoms with Crippen LogP contribution in [0.4, 0.5) is 14.7 Å². The first-order chi connectivity index (χ1) is 14.9. The molecule has 9 heteroatoms. The molecule has 0 bridgehead atoms. The largest absolute Gasteiger partial charge is 0.378 e. The van der Waals surface area contributed by atoms with Gasteiger partial charge in [-0.3, -0.25) is 9.88 Å². The van der Waals surface area contributed by atoms with Crippen molar-refractivity contribution in [1.29, 1.82) is 0 Å². The summed E-state index contributed by atoms with van der Waals surface area (Å²) in [6, 6.07) is 6.10. The van der Waals surface area contributed by atoms with Gasteiger partial charge >= 0.3 is 0 Å². The third-order valence-electron chi connectivity index (χ3n) is 6.47. The first-order valence-electron chi connectivity index (χ1n) is 10.9. The van der Waals surface area contributed by atoms with Crippen molar-refractivity contribution in [2.75, 3.05) is 44.3 Å². The van der Waals surface area contributed by atoms with Crippen LogP contribution in [0.25, 0.3) is 0 Å². The van der Waals surface area contributed by atoms with E-state index in [0.717, 1.165) is 56.2 Å². The number of pyridine rings is 1. The van der Waals surface area contributed by atoms with Gasteiger partial charge in [0.2, 0.25) is 5.95 Å². The van der Waals surface area contributed by atoms with Gasteiger partial charge in [0, 0.05) is 47.9 Å². The fourth-order valence-electron chi connectivity index (χ4n) is 4.58. The molecule has 0 saturated carbocycles. The van der Waals surface area contributed by atoms with E-state index in [-0.39, 0.29) is 19.5 Å². The van der Waals surface area contributed by atoms with Gasteiger partial charge in [-0.05, 0) is 44.1 Å². The van der Waals surface area contributed by atoms with Crippen LogP contribution in [0.5, 0.6) is 0 Å². The Morgan fingerprint density at radius 1 is 1.10 bits per heavy atom. The Labute approximate surface area is 185 Å². The molecule has 5 heterocycles. The molecule has 166 valence electrons. The molecule has 0 atom stereocenters. The molecule has 0 radical (unpaired) electrons. The highest BCUT2D eigenvalue weighted by Gasteiger charge is 2.39. The van der Waals surface area contributed by atoms with Crippen molar-refractivity contribution in [3.8, 4) is 0 Å². The van der Waals surface area contributed by atoms with Crippen LogP contribution in [0.15, 0.2) is 24.4 Å². The minimum Gasteiger partial charge on any atom is -0.378 e. The molecular formula is C22H26ClF2N5O. The second-order valence-electron chi connectivity index (χ2n) is 8.76. The molecule has 3 saturated heterocycles. The quantitative estimate of drug-likeness (QED) is 0.696. The average molecular weight is 450 g/mol. The van der Waals surface area contributed by atoms with Gasteiger partial charge in [-0.2, -0.15) is 0 Å². The Kier molecular flexibility index (Phi) is 5.79. The van der Waals surface area contributed by atoms with E-state index in [1.165, 1.54) is 0 Å². The maximum atomic E-state index is 13.8. The summed E-state index contributed by atoms with van der Waals surface area (Å²) in [5.74, 6) is -1.99. The van der Waals surface area contributed by atoms with Gasteiger partial charge < -0.3 is 9.64 Å². The van der Waals surface area contributed by atoms with Crippen LogP contribution in [0.1, 0.15) is 42.3 Å². The monoisotopic (exact) mass is 449 g/mol. The normalized spacial score (nSPS) is 22.6. The van der Waals surface area contributed by atoms with Gasteiger partial charge in [0.25, 0.3) is 5.92 Å². The zero-order chi connectivity index (χ0) is 21.4. The summed E-state index contributed by atoms with van der Waals surface area (Å²) >= 11 is 6.11. The standard InChI is InChI=1S/C22H26ClF2N5O/c23-16-1-5-26-17(9-16)10-18-11-20(15-2-6-29(7-3-15)19-12-31-13-19)28-21(27-18)30-8-4-22(24,25)14-30/h1,5,9,11,15,19H,2-4,6-8,10,12-14H2. The molecule has 0 aliphatic carbocycles. The maximum absolute atomic E-state index is 13.8. The van der Waals surface area contributed by atoms with E-state index < -0.39 is 5.92 Å². The SMILES string of the molecule is FC1(F)CCN(c2nc(Cc3cc(Cl)ccn3)cc(C3CCN(C4COC4)CC3)n2)C1. The van der Waals surface area contributed by atoms with Crippen molar-refractivity contribution in [2.45, 2.75) is 43.6 Å². The molecule has 3 aliphatic rings. The molecule has 5 rings (SSSR count). The van der Waals surface area contributed by atoms with E-state index in [2.05, 4.69) is 14.9 Å². The zero-order valence-corrected chi connectivity index (χ0v) is 18.1. The second-order valence-corrected chi connectivity index (χ2v) is 9.19. The van der Waals surface area contributed by atoms with Crippen LogP contribution in [0.2, 0.25) is 5.02 Å². The first kappa shape index (κ1) is 21.0. The molecule has 0 spiro atoms. The summed E-state index contributed by atoms with van der Waals surface area (Å²) in [4.78, 5) is 17.9. The van der Waals surface area contributed by atoms with Crippen molar-refractivity contribution in [1.82, 2.24) is 19.9 Å². The number of rotatable bonds is 5. The highest BCUT2D eigenvalue weighted by atomic mass is 35.5. The molecule has 3 aliphatic heterocycles. The van der Waals surface area contributed by atoms with Crippen molar-refractivity contribution in [2.24, 2.45) is 0 Å². The lowest BCUT2D eigenvalue weighted by Crippen LogP contribution is -2.51. The van der Waals surface area contributed by atoms with Crippen LogP contribution in [-0.2, 0) is 11.2 Å². The molecule has 0 amide bonds. The Bertz CT molecular complexity index is 934. The number of halogens is 3. The van der Waals surface area contributed by atoms with Gasteiger partial charge in [-0.25, -0.2) is 18.7 Å². The maximum Gasteiger partial charge on any atom is 0.267 e. The zero-order valence-electron chi connectivity index (χ0n) is 17.3. The van der Waals surface area contributed by atoms with Crippen molar-refractivity contribution in [3.05, 3.63) is 46.5 Å². The number of aromatic nitrogens is 3. The number of ether oxygens (including phenoxy) is 1. The molecule has 0 N–H and O–H groups in total. The molecule has 0 unspecified atom stereocenters. The van der Waals surface area contributed by atoms with Crippen molar-refractivity contribution in [3.63, 3.8) is 0 Å². The number of hydrogen-bond acceptors (Lipinski definition) is 6. The molecule has 2 aromatic rings. The third-order valence-corrected chi connectivity index (χ3v) is 6.70. The molecule has 6 nitrogen and oxygen atoms in total. The van der Waals surface area contributed by atoms with E-state index in [9.17, 15) is 8.78 Å². The fraction of sp³-hybridized carbons (Fsp3) is 0.591. The molecular weight excluding hydrogens is 424 g/mol. The number of hydrogen-bond donors (Lipinski definition) is 0. The van der Waals surface area contributed by atoms with Crippen LogP contribution in [-0.4, -0.2) is 71.2 Å². The van der Waals surface area contributed by atoms with E-state index in [1.54, 1.807) is 17.2 Å². The lowest BCUT2D eigenvalue weighted by atomic mass is 9.91. The first-order valence-corrected chi connectivity index (χ1v) is 11.3. The Balaban J connectivity index is 1.39. The van der Waals surface area contributed by atoms with Crippen molar-refractivity contribution >= 4 is 17.5 Å². The molecule has 2 aromatic heterocycles. The van der Waals surface area contributed by atoms with Gasteiger partial charge in [0.1, 0.15) is 0 Å². The minimum atomic E-state index is -2.69.